The molecular weight excluding hydrogens is 200 g/mol. The molecular formula is C10H9ClN2O. The molecule has 14 heavy (non-hydrogen) atoms. The van der Waals surface area contributed by atoms with Crippen LogP contribution in [-0.4, -0.2) is 10.1 Å². The van der Waals surface area contributed by atoms with E-state index in [-0.39, 0.29) is 0 Å². The first-order valence-corrected chi connectivity index (χ1v) is 4.77. The van der Waals surface area contributed by atoms with Crippen LogP contribution in [0.2, 0.25) is 0 Å². The van der Waals surface area contributed by atoms with Crippen LogP contribution in [0.25, 0.3) is 11.5 Å². The lowest BCUT2D eigenvalue weighted by Crippen LogP contribution is -1.81. The summed E-state index contributed by atoms with van der Waals surface area (Å²) in [4.78, 5) is 4.22. The van der Waals surface area contributed by atoms with Crippen molar-refractivity contribution in [3.63, 3.8) is 0 Å². The summed E-state index contributed by atoms with van der Waals surface area (Å²) >= 11 is 5.61. The van der Waals surface area contributed by atoms with E-state index in [2.05, 4.69) is 10.1 Å². The summed E-state index contributed by atoms with van der Waals surface area (Å²) in [6.45, 7) is 1.99. The minimum atomic E-state index is 0.357. The lowest BCUT2D eigenvalue weighted by atomic mass is 10.2. The number of nitrogens with zero attached hydrogens (tertiary/aromatic N) is 2. The SMILES string of the molecule is Cc1ccc(-c2cc(CCl)no2)nc1. The fourth-order valence-corrected chi connectivity index (χ4v) is 1.24. The second kappa shape index (κ2) is 3.80. The summed E-state index contributed by atoms with van der Waals surface area (Å²) < 4.78 is 5.08. The van der Waals surface area contributed by atoms with Gasteiger partial charge in [-0.25, -0.2) is 0 Å². The Balaban J connectivity index is 2.34. The molecule has 0 amide bonds. The van der Waals surface area contributed by atoms with Crippen molar-refractivity contribution >= 4 is 11.6 Å². The van der Waals surface area contributed by atoms with Gasteiger partial charge in [-0.2, -0.15) is 0 Å². The molecule has 0 aliphatic rings. The molecule has 2 heterocycles. The third-order valence-corrected chi connectivity index (χ3v) is 2.13. The van der Waals surface area contributed by atoms with Gasteiger partial charge < -0.3 is 4.52 Å². The number of aromatic nitrogens is 2. The van der Waals surface area contributed by atoms with E-state index in [1.54, 1.807) is 12.3 Å². The van der Waals surface area contributed by atoms with E-state index in [1.807, 2.05) is 19.1 Å². The average molecular weight is 209 g/mol. The highest BCUT2D eigenvalue weighted by Crippen LogP contribution is 2.18. The molecule has 0 N–H and O–H groups in total. The number of hydrogen-bond donors (Lipinski definition) is 0. The van der Waals surface area contributed by atoms with Crippen molar-refractivity contribution in [3.05, 3.63) is 35.7 Å². The zero-order valence-electron chi connectivity index (χ0n) is 7.70. The van der Waals surface area contributed by atoms with Crippen molar-refractivity contribution in [3.8, 4) is 11.5 Å². The Kier molecular flexibility index (Phi) is 2.50. The standard InChI is InChI=1S/C10H9ClN2O/c1-7-2-3-9(12-6-7)10-4-8(5-11)13-14-10/h2-4,6H,5H2,1H3. The molecule has 2 aromatic heterocycles. The van der Waals surface area contributed by atoms with Gasteiger partial charge >= 0.3 is 0 Å². The minimum absolute atomic E-state index is 0.357. The lowest BCUT2D eigenvalue weighted by molar-refractivity contribution is 0.425. The molecule has 3 nitrogen and oxygen atoms in total. The third-order valence-electron chi connectivity index (χ3n) is 1.86. The highest BCUT2D eigenvalue weighted by Gasteiger charge is 2.06. The Morgan fingerprint density at radius 2 is 2.29 bits per heavy atom. The van der Waals surface area contributed by atoms with E-state index in [1.165, 1.54) is 0 Å². The van der Waals surface area contributed by atoms with Gasteiger partial charge in [0.05, 0.1) is 11.6 Å². The maximum Gasteiger partial charge on any atom is 0.185 e. The normalized spacial score (nSPS) is 10.4. The number of halogens is 1. The molecule has 72 valence electrons. The average Bonchev–Trinajstić information content (AvgIpc) is 2.67. The zero-order chi connectivity index (χ0) is 9.97. The molecule has 0 atom stereocenters. The van der Waals surface area contributed by atoms with Crippen molar-refractivity contribution < 1.29 is 4.52 Å². The molecule has 4 heteroatoms. The van der Waals surface area contributed by atoms with Crippen LogP contribution in [-0.2, 0) is 5.88 Å². The number of alkyl halides is 1. The molecule has 0 aliphatic heterocycles. The molecule has 0 radical (unpaired) electrons. The summed E-state index contributed by atoms with van der Waals surface area (Å²) in [5, 5.41) is 3.79. The molecule has 2 rings (SSSR count). The number of pyridine rings is 1. The van der Waals surface area contributed by atoms with Gasteiger partial charge in [0.15, 0.2) is 5.76 Å². The number of hydrogen-bond acceptors (Lipinski definition) is 3. The fourth-order valence-electron chi connectivity index (χ4n) is 1.11. The first kappa shape index (κ1) is 9.21. The predicted octanol–water partition coefficient (Wildman–Crippen LogP) is 2.78. The Labute approximate surface area is 86.7 Å². The van der Waals surface area contributed by atoms with Crippen LogP contribution in [0.15, 0.2) is 28.9 Å². The van der Waals surface area contributed by atoms with E-state index in [9.17, 15) is 0 Å². The zero-order valence-corrected chi connectivity index (χ0v) is 8.45. The van der Waals surface area contributed by atoms with E-state index in [0.29, 0.717) is 11.6 Å². The number of rotatable bonds is 2. The molecule has 0 aromatic carbocycles. The second-order valence-corrected chi connectivity index (χ2v) is 3.30. The molecule has 0 bridgehead atoms. The van der Waals surface area contributed by atoms with E-state index < -0.39 is 0 Å². The van der Waals surface area contributed by atoms with Gasteiger partial charge in [-0.1, -0.05) is 11.2 Å². The lowest BCUT2D eigenvalue weighted by Gasteiger charge is -1.94. The van der Waals surface area contributed by atoms with E-state index >= 15 is 0 Å². The van der Waals surface area contributed by atoms with Crippen LogP contribution in [0.4, 0.5) is 0 Å². The van der Waals surface area contributed by atoms with Crippen LogP contribution in [0.3, 0.4) is 0 Å². The van der Waals surface area contributed by atoms with Gasteiger partial charge in [0.2, 0.25) is 0 Å². The van der Waals surface area contributed by atoms with E-state index in [4.69, 9.17) is 16.1 Å². The van der Waals surface area contributed by atoms with Crippen molar-refractivity contribution in [1.82, 2.24) is 10.1 Å². The van der Waals surface area contributed by atoms with Crippen LogP contribution < -0.4 is 0 Å². The second-order valence-electron chi connectivity index (χ2n) is 3.04. The summed E-state index contributed by atoms with van der Waals surface area (Å²) in [7, 11) is 0. The van der Waals surface area contributed by atoms with E-state index in [0.717, 1.165) is 17.0 Å². The highest BCUT2D eigenvalue weighted by atomic mass is 35.5. The predicted molar refractivity (Wildman–Crippen MR) is 54.0 cm³/mol. The molecule has 0 fully saturated rings. The quantitative estimate of drug-likeness (QED) is 0.713. The maximum atomic E-state index is 5.61. The van der Waals surface area contributed by atoms with Gasteiger partial charge in [0, 0.05) is 12.3 Å². The van der Waals surface area contributed by atoms with Gasteiger partial charge in [-0.05, 0) is 18.6 Å². The molecule has 0 spiro atoms. The van der Waals surface area contributed by atoms with Crippen LogP contribution >= 0.6 is 11.6 Å². The maximum absolute atomic E-state index is 5.61. The monoisotopic (exact) mass is 208 g/mol. The molecule has 0 unspecified atom stereocenters. The summed E-state index contributed by atoms with van der Waals surface area (Å²) in [5.74, 6) is 1.01. The van der Waals surface area contributed by atoms with Crippen molar-refractivity contribution in [2.24, 2.45) is 0 Å². The first-order chi connectivity index (χ1) is 6.79. The Morgan fingerprint density at radius 3 is 2.86 bits per heavy atom. The topological polar surface area (TPSA) is 38.9 Å². The Bertz CT molecular complexity index is 422. The molecule has 0 saturated carbocycles. The van der Waals surface area contributed by atoms with Crippen LogP contribution in [0.5, 0.6) is 0 Å². The molecule has 0 aliphatic carbocycles. The van der Waals surface area contributed by atoms with Crippen molar-refractivity contribution in [2.75, 3.05) is 0 Å². The van der Waals surface area contributed by atoms with Crippen molar-refractivity contribution in [1.29, 1.82) is 0 Å². The number of aryl methyl sites for hydroxylation is 1. The van der Waals surface area contributed by atoms with Crippen LogP contribution in [0.1, 0.15) is 11.3 Å². The first-order valence-electron chi connectivity index (χ1n) is 4.24. The van der Waals surface area contributed by atoms with Gasteiger partial charge in [0.1, 0.15) is 5.69 Å². The Hall–Kier alpha value is -1.35. The van der Waals surface area contributed by atoms with Gasteiger partial charge in [0.25, 0.3) is 0 Å². The minimum Gasteiger partial charge on any atom is -0.354 e. The fraction of sp³-hybridized carbons (Fsp3) is 0.200. The third kappa shape index (κ3) is 1.77. The summed E-state index contributed by atoms with van der Waals surface area (Å²) in [6.07, 6.45) is 1.79. The Morgan fingerprint density at radius 1 is 1.43 bits per heavy atom. The van der Waals surface area contributed by atoms with Gasteiger partial charge in [-0.15, -0.1) is 11.6 Å². The summed E-state index contributed by atoms with van der Waals surface area (Å²) in [5.41, 5.74) is 2.62. The van der Waals surface area contributed by atoms with Crippen molar-refractivity contribution in [2.45, 2.75) is 12.8 Å². The largest absolute Gasteiger partial charge is 0.354 e. The van der Waals surface area contributed by atoms with Crippen LogP contribution in [0, 0.1) is 6.92 Å². The smallest absolute Gasteiger partial charge is 0.185 e. The molecule has 0 saturated heterocycles. The van der Waals surface area contributed by atoms with Gasteiger partial charge in [-0.3, -0.25) is 4.98 Å². The summed E-state index contributed by atoms with van der Waals surface area (Å²) in [6, 6.07) is 5.67. The highest BCUT2D eigenvalue weighted by molar-refractivity contribution is 6.16. The molecule has 2 aromatic rings.